The topological polar surface area (TPSA) is 41.6 Å². The lowest BCUT2D eigenvalue weighted by Crippen LogP contribution is -2.46. The average molecular weight is 264 g/mol. The number of ether oxygens (including phenoxy) is 1. The monoisotopic (exact) mass is 264 g/mol. The van der Waals surface area contributed by atoms with Crippen molar-refractivity contribution in [2.75, 3.05) is 31.6 Å². The number of likely N-dealkylation sites (N-methyl/N-ethyl adjacent to an activating group) is 2. The maximum absolute atomic E-state index is 11.9. The van der Waals surface area contributed by atoms with Gasteiger partial charge in [0, 0.05) is 19.3 Å². The quantitative estimate of drug-likeness (QED) is 0.765. The second kappa shape index (κ2) is 7.79. The average Bonchev–Trinajstić information content (AvgIpc) is 2.39. The van der Waals surface area contributed by atoms with Crippen LogP contribution in [0.4, 0.5) is 5.69 Å². The summed E-state index contributed by atoms with van der Waals surface area (Å²) in [4.78, 5) is 14.0. The van der Waals surface area contributed by atoms with Crippen LogP contribution < -0.4 is 10.2 Å². The number of hydrogen-bond acceptors (Lipinski definition) is 4. The molecule has 0 aliphatic carbocycles. The first-order chi connectivity index (χ1) is 9.10. The van der Waals surface area contributed by atoms with Gasteiger partial charge in [0.15, 0.2) is 0 Å². The second-order valence-electron chi connectivity index (χ2n) is 4.53. The third-order valence-corrected chi connectivity index (χ3v) is 3.00. The number of rotatable bonds is 7. The second-order valence-corrected chi connectivity index (χ2v) is 4.53. The summed E-state index contributed by atoms with van der Waals surface area (Å²) in [7, 11) is 1.99. The molecule has 106 valence electrons. The van der Waals surface area contributed by atoms with E-state index in [1.165, 1.54) is 5.56 Å². The fraction of sp³-hybridized carbons (Fsp3) is 0.533. The van der Waals surface area contributed by atoms with Gasteiger partial charge in [-0.15, -0.1) is 0 Å². The number of anilines is 1. The summed E-state index contributed by atoms with van der Waals surface area (Å²) >= 11 is 0. The van der Waals surface area contributed by atoms with Crippen molar-refractivity contribution in [2.45, 2.75) is 26.8 Å². The van der Waals surface area contributed by atoms with Crippen LogP contribution in [0.15, 0.2) is 24.3 Å². The first-order valence-corrected chi connectivity index (χ1v) is 6.76. The predicted molar refractivity (Wildman–Crippen MR) is 78.5 cm³/mol. The minimum Gasteiger partial charge on any atom is -0.465 e. The zero-order chi connectivity index (χ0) is 14.3. The van der Waals surface area contributed by atoms with Crippen molar-refractivity contribution in [1.29, 1.82) is 0 Å². The van der Waals surface area contributed by atoms with Crippen molar-refractivity contribution >= 4 is 11.7 Å². The number of aryl methyl sites for hydroxylation is 1. The fourth-order valence-electron chi connectivity index (χ4n) is 2.08. The van der Waals surface area contributed by atoms with Crippen LogP contribution in [0, 0.1) is 6.92 Å². The van der Waals surface area contributed by atoms with Crippen LogP contribution >= 0.6 is 0 Å². The Morgan fingerprint density at radius 2 is 2.05 bits per heavy atom. The molecular formula is C15H24N2O2. The molecule has 0 amide bonds. The Kier molecular flexibility index (Phi) is 6.36. The van der Waals surface area contributed by atoms with Gasteiger partial charge in [0.2, 0.25) is 0 Å². The third-order valence-electron chi connectivity index (χ3n) is 3.00. The number of carbonyl (C=O) groups is 1. The van der Waals surface area contributed by atoms with E-state index in [2.05, 4.69) is 29.3 Å². The van der Waals surface area contributed by atoms with E-state index in [-0.39, 0.29) is 12.0 Å². The Labute approximate surface area is 115 Å². The van der Waals surface area contributed by atoms with Gasteiger partial charge in [-0.25, -0.2) is 0 Å². The molecule has 1 N–H and O–H groups in total. The van der Waals surface area contributed by atoms with Crippen molar-refractivity contribution in [3.05, 3.63) is 29.8 Å². The van der Waals surface area contributed by atoms with Gasteiger partial charge in [-0.2, -0.15) is 0 Å². The Balaban J connectivity index is 2.73. The SMILES string of the molecule is CCNC(CN(C)c1ccccc1C)C(=O)OCC. The van der Waals surface area contributed by atoms with E-state index in [1.807, 2.05) is 33.0 Å². The molecule has 19 heavy (non-hydrogen) atoms. The molecule has 0 heterocycles. The van der Waals surface area contributed by atoms with Gasteiger partial charge in [-0.3, -0.25) is 4.79 Å². The van der Waals surface area contributed by atoms with Gasteiger partial charge >= 0.3 is 5.97 Å². The molecule has 0 spiro atoms. The number of hydrogen-bond donors (Lipinski definition) is 1. The Morgan fingerprint density at radius 1 is 1.37 bits per heavy atom. The fourth-order valence-corrected chi connectivity index (χ4v) is 2.08. The summed E-state index contributed by atoms with van der Waals surface area (Å²) in [6.45, 7) is 7.63. The lowest BCUT2D eigenvalue weighted by molar-refractivity contribution is -0.145. The molecule has 1 aromatic carbocycles. The first kappa shape index (κ1) is 15.5. The standard InChI is InChI=1S/C15H24N2O2/c1-5-16-13(15(18)19-6-2)11-17(4)14-10-8-7-9-12(14)3/h7-10,13,16H,5-6,11H2,1-4H3. The lowest BCUT2D eigenvalue weighted by Gasteiger charge is -2.26. The normalized spacial score (nSPS) is 12.0. The molecule has 1 rings (SSSR count). The summed E-state index contributed by atoms with van der Waals surface area (Å²) in [5, 5.41) is 3.17. The first-order valence-electron chi connectivity index (χ1n) is 6.76. The summed E-state index contributed by atoms with van der Waals surface area (Å²) in [5.41, 5.74) is 2.33. The number of carbonyl (C=O) groups excluding carboxylic acids is 1. The van der Waals surface area contributed by atoms with Crippen LogP contribution in [-0.2, 0) is 9.53 Å². The van der Waals surface area contributed by atoms with Crippen molar-refractivity contribution in [3.63, 3.8) is 0 Å². The van der Waals surface area contributed by atoms with Crippen LogP contribution in [0.25, 0.3) is 0 Å². The highest BCUT2D eigenvalue weighted by Crippen LogP contribution is 2.17. The van der Waals surface area contributed by atoms with Crippen LogP contribution in [0.5, 0.6) is 0 Å². The third kappa shape index (κ3) is 4.56. The molecule has 0 bridgehead atoms. The number of nitrogens with zero attached hydrogens (tertiary/aromatic N) is 1. The van der Waals surface area contributed by atoms with Crippen molar-refractivity contribution in [1.82, 2.24) is 5.32 Å². The van der Waals surface area contributed by atoms with Crippen molar-refractivity contribution < 1.29 is 9.53 Å². The molecule has 4 heteroatoms. The summed E-state index contributed by atoms with van der Waals surface area (Å²) in [5.74, 6) is -0.190. The van der Waals surface area contributed by atoms with Gasteiger partial charge in [0.25, 0.3) is 0 Å². The van der Waals surface area contributed by atoms with Crippen LogP contribution in [0.2, 0.25) is 0 Å². The van der Waals surface area contributed by atoms with E-state index in [9.17, 15) is 4.79 Å². The summed E-state index contributed by atoms with van der Waals surface area (Å²) in [6.07, 6.45) is 0. The van der Waals surface area contributed by atoms with E-state index in [0.29, 0.717) is 13.2 Å². The molecule has 1 atom stereocenters. The van der Waals surface area contributed by atoms with Gasteiger partial charge in [-0.1, -0.05) is 25.1 Å². The largest absolute Gasteiger partial charge is 0.465 e. The molecule has 0 saturated heterocycles. The Morgan fingerprint density at radius 3 is 2.63 bits per heavy atom. The minimum absolute atomic E-state index is 0.190. The number of para-hydroxylation sites is 1. The van der Waals surface area contributed by atoms with Crippen molar-refractivity contribution in [3.8, 4) is 0 Å². The highest BCUT2D eigenvalue weighted by molar-refractivity contribution is 5.76. The summed E-state index contributed by atoms with van der Waals surface area (Å²) in [6, 6.07) is 7.85. The van der Waals surface area contributed by atoms with Crippen LogP contribution in [0.3, 0.4) is 0 Å². The van der Waals surface area contributed by atoms with Crippen molar-refractivity contribution in [2.24, 2.45) is 0 Å². The molecule has 1 unspecified atom stereocenters. The van der Waals surface area contributed by atoms with E-state index in [1.54, 1.807) is 0 Å². The Bertz CT molecular complexity index is 407. The predicted octanol–water partition coefficient (Wildman–Crippen LogP) is 1.97. The lowest BCUT2D eigenvalue weighted by atomic mass is 10.1. The number of benzene rings is 1. The zero-order valence-corrected chi connectivity index (χ0v) is 12.3. The highest BCUT2D eigenvalue weighted by Gasteiger charge is 2.21. The molecule has 0 aliphatic heterocycles. The molecule has 4 nitrogen and oxygen atoms in total. The maximum Gasteiger partial charge on any atom is 0.324 e. The van der Waals surface area contributed by atoms with E-state index in [0.717, 1.165) is 12.2 Å². The number of nitrogens with one attached hydrogen (secondary N) is 1. The van der Waals surface area contributed by atoms with E-state index >= 15 is 0 Å². The molecule has 0 saturated carbocycles. The minimum atomic E-state index is -0.297. The van der Waals surface area contributed by atoms with Gasteiger partial charge < -0.3 is 15.0 Å². The van der Waals surface area contributed by atoms with Gasteiger partial charge in [-0.05, 0) is 32.0 Å². The molecule has 1 aromatic rings. The van der Waals surface area contributed by atoms with Crippen LogP contribution in [0.1, 0.15) is 19.4 Å². The van der Waals surface area contributed by atoms with E-state index < -0.39 is 0 Å². The molecule has 0 radical (unpaired) electrons. The van der Waals surface area contributed by atoms with Gasteiger partial charge in [0.1, 0.15) is 6.04 Å². The molecule has 0 aromatic heterocycles. The molecule has 0 aliphatic rings. The van der Waals surface area contributed by atoms with Gasteiger partial charge in [0.05, 0.1) is 6.61 Å². The zero-order valence-electron chi connectivity index (χ0n) is 12.3. The summed E-state index contributed by atoms with van der Waals surface area (Å²) < 4.78 is 5.10. The van der Waals surface area contributed by atoms with E-state index in [4.69, 9.17) is 4.74 Å². The number of esters is 1. The maximum atomic E-state index is 11.9. The molecular weight excluding hydrogens is 240 g/mol. The molecule has 0 fully saturated rings. The van der Waals surface area contributed by atoms with Crippen LogP contribution in [-0.4, -0.2) is 38.8 Å². The Hall–Kier alpha value is -1.55. The smallest absolute Gasteiger partial charge is 0.324 e. The highest BCUT2D eigenvalue weighted by atomic mass is 16.5.